The summed E-state index contributed by atoms with van der Waals surface area (Å²) in [5.74, 6) is 0.945. The highest BCUT2D eigenvalue weighted by atomic mass is 16.5. The minimum Gasteiger partial charge on any atom is -0.359 e. The highest BCUT2D eigenvalue weighted by Gasteiger charge is 2.18. The summed E-state index contributed by atoms with van der Waals surface area (Å²) in [6, 6.07) is 0.185. The molecule has 0 fully saturated rings. The second kappa shape index (κ2) is 2.88. The molecule has 1 aliphatic heterocycles. The molecule has 0 aliphatic carbocycles. The van der Waals surface area contributed by atoms with Gasteiger partial charge >= 0.3 is 0 Å². The molecule has 3 N–H and O–H groups in total. The third-order valence-electron chi connectivity index (χ3n) is 2.22. The predicted octanol–water partition coefficient (Wildman–Crippen LogP) is -0.0440. The molecule has 1 unspecified atom stereocenters. The van der Waals surface area contributed by atoms with Crippen LogP contribution in [0.25, 0.3) is 0 Å². The molecule has 0 aromatic carbocycles. The summed E-state index contributed by atoms with van der Waals surface area (Å²) in [4.78, 5) is 0. The number of fused-ring (bicyclic) bond motifs is 1. The first-order valence-corrected chi connectivity index (χ1v) is 4.17. The van der Waals surface area contributed by atoms with E-state index in [9.17, 15) is 0 Å². The summed E-state index contributed by atoms with van der Waals surface area (Å²) in [7, 11) is 0. The van der Waals surface area contributed by atoms with Crippen molar-refractivity contribution >= 4 is 0 Å². The van der Waals surface area contributed by atoms with E-state index in [0.29, 0.717) is 0 Å². The topological polar surface area (TPSA) is 64.1 Å². The third-order valence-corrected chi connectivity index (χ3v) is 2.22. The Labute approximate surface area is 71.1 Å². The Hall–Kier alpha value is -0.870. The van der Waals surface area contributed by atoms with Gasteiger partial charge in [0.05, 0.1) is 12.2 Å². The van der Waals surface area contributed by atoms with Crippen LogP contribution in [0.1, 0.15) is 17.0 Å². The Balaban J connectivity index is 2.33. The number of hydrogen-bond donors (Lipinski definition) is 2. The smallest absolute Gasteiger partial charge is 0.153 e. The fourth-order valence-electron chi connectivity index (χ4n) is 1.54. The van der Waals surface area contributed by atoms with E-state index in [1.807, 2.05) is 6.92 Å². The largest absolute Gasteiger partial charge is 0.359 e. The number of hydrogen-bond acceptors (Lipinski definition) is 4. The molecule has 66 valence electrons. The molecule has 12 heavy (non-hydrogen) atoms. The Morgan fingerprint density at radius 2 is 2.50 bits per heavy atom. The van der Waals surface area contributed by atoms with Crippen molar-refractivity contribution in [2.45, 2.75) is 25.9 Å². The highest BCUT2D eigenvalue weighted by Crippen LogP contribution is 2.16. The first-order valence-electron chi connectivity index (χ1n) is 4.17. The standard InChI is InChI=1S/C8H13N3O/c1-5-7-2-6(9)3-10-4-8(7)12-11-5/h6,10H,2-4,9H2,1H3. The lowest BCUT2D eigenvalue weighted by Crippen LogP contribution is -2.32. The molecule has 0 saturated heterocycles. The SMILES string of the molecule is Cc1noc2c1CC(N)CNC2. The third kappa shape index (κ3) is 1.23. The van der Waals surface area contributed by atoms with Gasteiger partial charge in [0.1, 0.15) is 0 Å². The first kappa shape index (κ1) is 7.76. The highest BCUT2D eigenvalue weighted by molar-refractivity contribution is 5.24. The Bertz CT molecular complexity index is 282. The van der Waals surface area contributed by atoms with E-state index >= 15 is 0 Å². The van der Waals surface area contributed by atoms with Gasteiger partial charge in [-0.2, -0.15) is 0 Å². The van der Waals surface area contributed by atoms with Crippen LogP contribution in [0.5, 0.6) is 0 Å². The molecule has 0 radical (unpaired) electrons. The summed E-state index contributed by atoms with van der Waals surface area (Å²) in [5.41, 5.74) is 8.01. The summed E-state index contributed by atoms with van der Waals surface area (Å²) < 4.78 is 5.15. The molecule has 2 rings (SSSR count). The minimum absolute atomic E-state index is 0.185. The van der Waals surface area contributed by atoms with Gasteiger partial charge in [-0.05, 0) is 13.3 Å². The van der Waals surface area contributed by atoms with Crippen LogP contribution in [-0.2, 0) is 13.0 Å². The van der Waals surface area contributed by atoms with Crippen LogP contribution >= 0.6 is 0 Å². The average Bonchev–Trinajstić information content (AvgIpc) is 2.31. The van der Waals surface area contributed by atoms with Gasteiger partial charge in [0.25, 0.3) is 0 Å². The number of nitrogens with one attached hydrogen (secondary N) is 1. The molecule has 1 aromatic heterocycles. The van der Waals surface area contributed by atoms with Crippen molar-refractivity contribution in [1.29, 1.82) is 0 Å². The molecule has 0 saturated carbocycles. The van der Waals surface area contributed by atoms with Crippen LogP contribution in [0.3, 0.4) is 0 Å². The van der Waals surface area contributed by atoms with E-state index in [4.69, 9.17) is 10.3 Å². The first-order chi connectivity index (χ1) is 5.77. The molecule has 1 aliphatic rings. The molecular weight excluding hydrogens is 154 g/mol. The zero-order valence-corrected chi connectivity index (χ0v) is 7.13. The number of nitrogens with zero attached hydrogens (tertiary/aromatic N) is 1. The maximum Gasteiger partial charge on any atom is 0.153 e. The maximum atomic E-state index is 5.85. The van der Waals surface area contributed by atoms with Gasteiger partial charge in [-0.25, -0.2) is 0 Å². The summed E-state index contributed by atoms with van der Waals surface area (Å²) >= 11 is 0. The second-order valence-corrected chi connectivity index (χ2v) is 3.26. The Morgan fingerprint density at radius 3 is 3.33 bits per heavy atom. The molecular formula is C8H13N3O. The van der Waals surface area contributed by atoms with Gasteiger partial charge in [-0.15, -0.1) is 0 Å². The van der Waals surface area contributed by atoms with Gasteiger partial charge in [0, 0.05) is 18.2 Å². The van der Waals surface area contributed by atoms with Crippen LogP contribution < -0.4 is 11.1 Å². The van der Waals surface area contributed by atoms with Crippen molar-refractivity contribution in [1.82, 2.24) is 10.5 Å². The fourth-order valence-corrected chi connectivity index (χ4v) is 1.54. The molecule has 0 bridgehead atoms. The lowest BCUT2D eigenvalue weighted by Gasteiger charge is -2.05. The minimum atomic E-state index is 0.185. The Kier molecular flexibility index (Phi) is 1.86. The van der Waals surface area contributed by atoms with Gasteiger partial charge in [0.15, 0.2) is 5.76 Å². The lowest BCUT2D eigenvalue weighted by atomic mass is 10.1. The predicted molar refractivity (Wildman–Crippen MR) is 44.6 cm³/mol. The van der Waals surface area contributed by atoms with Crippen LogP contribution in [0, 0.1) is 6.92 Å². The number of rotatable bonds is 0. The van der Waals surface area contributed by atoms with E-state index in [-0.39, 0.29) is 6.04 Å². The fraction of sp³-hybridized carbons (Fsp3) is 0.625. The zero-order valence-electron chi connectivity index (χ0n) is 7.13. The van der Waals surface area contributed by atoms with E-state index in [1.54, 1.807) is 0 Å². The van der Waals surface area contributed by atoms with Gasteiger partial charge in [0.2, 0.25) is 0 Å². The van der Waals surface area contributed by atoms with Crippen LogP contribution in [0.2, 0.25) is 0 Å². The van der Waals surface area contributed by atoms with Crippen molar-refractivity contribution < 1.29 is 4.52 Å². The van der Waals surface area contributed by atoms with Crippen LogP contribution in [0.4, 0.5) is 0 Å². The Morgan fingerprint density at radius 1 is 1.67 bits per heavy atom. The van der Waals surface area contributed by atoms with E-state index in [1.165, 1.54) is 5.56 Å². The van der Waals surface area contributed by atoms with Gasteiger partial charge in [-0.1, -0.05) is 5.16 Å². The molecule has 1 atom stereocenters. The van der Waals surface area contributed by atoms with Gasteiger partial charge in [-0.3, -0.25) is 0 Å². The van der Waals surface area contributed by atoms with Crippen LogP contribution in [0.15, 0.2) is 4.52 Å². The van der Waals surface area contributed by atoms with Crippen LogP contribution in [-0.4, -0.2) is 17.7 Å². The summed E-state index contributed by atoms with van der Waals surface area (Å²) in [6.45, 7) is 3.56. The average molecular weight is 167 g/mol. The number of aryl methyl sites for hydroxylation is 1. The molecule has 0 spiro atoms. The van der Waals surface area contributed by atoms with Crippen molar-refractivity contribution in [3.63, 3.8) is 0 Å². The van der Waals surface area contributed by atoms with Crippen molar-refractivity contribution in [3.8, 4) is 0 Å². The number of aromatic nitrogens is 1. The van der Waals surface area contributed by atoms with Gasteiger partial charge < -0.3 is 15.6 Å². The molecule has 4 nitrogen and oxygen atoms in total. The summed E-state index contributed by atoms with van der Waals surface area (Å²) in [6.07, 6.45) is 0.873. The number of nitrogens with two attached hydrogens (primary N) is 1. The monoisotopic (exact) mass is 167 g/mol. The summed E-state index contributed by atoms with van der Waals surface area (Å²) in [5, 5.41) is 7.11. The van der Waals surface area contributed by atoms with Crippen molar-refractivity contribution in [2.75, 3.05) is 6.54 Å². The normalized spacial score (nSPS) is 23.3. The zero-order chi connectivity index (χ0) is 8.55. The maximum absolute atomic E-state index is 5.85. The van der Waals surface area contributed by atoms with E-state index in [0.717, 1.165) is 31.0 Å². The lowest BCUT2D eigenvalue weighted by molar-refractivity contribution is 0.371. The molecule has 2 heterocycles. The second-order valence-electron chi connectivity index (χ2n) is 3.26. The van der Waals surface area contributed by atoms with E-state index < -0.39 is 0 Å². The molecule has 0 amide bonds. The molecule has 4 heteroatoms. The van der Waals surface area contributed by atoms with E-state index in [2.05, 4.69) is 10.5 Å². The van der Waals surface area contributed by atoms with Crippen molar-refractivity contribution in [2.24, 2.45) is 5.73 Å². The quantitative estimate of drug-likeness (QED) is 0.569. The van der Waals surface area contributed by atoms with Crippen molar-refractivity contribution in [3.05, 3.63) is 17.0 Å². The molecule has 1 aromatic rings.